The fourth-order valence-electron chi connectivity index (χ4n) is 1.80. The first kappa shape index (κ1) is 13.1. The molecule has 7 heteroatoms. The Balaban J connectivity index is 2.19. The van der Waals surface area contributed by atoms with Gasteiger partial charge < -0.3 is 16.2 Å². The van der Waals surface area contributed by atoms with Crippen LogP contribution in [0.25, 0.3) is 0 Å². The summed E-state index contributed by atoms with van der Waals surface area (Å²) in [6, 6.07) is 4.64. The van der Waals surface area contributed by atoms with Gasteiger partial charge in [-0.05, 0) is 25.0 Å². The summed E-state index contributed by atoms with van der Waals surface area (Å²) in [6.45, 7) is 0.691. The molecule has 1 saturated carbocycles. The number of anilines is 2. The van der Waals surface area contributed by atoms with Gasteiger partial charge in [-0.3, -0.25) is 0 Å². The third-order valence-electron chi connectivity index (χ3n) is 3.32. The molecule has 100 valence electrons. The van der Waals surface area contributed by atoms with Gasteiger partial charge in [0.1, 0.15) is 4.90 Å². The van der Waals surface area contributed by atoms with E-state index in [-0.39, 0.29) is 22.6 Å². The van der Waals surface area contributed by atoms with E-state index >= 15 is 0 Å². The molecule has 1 aromatic carbocycles. The molecule has 1 aromatic rings. The molecule has 1 aliphatic carbocycles. The number of hydrogen-bond donors (Lipinski definition) is 4. The molecule has 0 atom stereocenters. The van der Waals surface area contributed by atoms with Crippen LogP contribution in [0.2, 0.25) is 0 Å². The zero-order valence-electron chi connectivity index (χ0n) is 9.89. The van der Waals surface area contributed by atoms with E-state index in [1.54, 1.807) is 12.1 Å². The van der Waals surface area contributed by atoms with Gasteiger partial charge in [0, 0.05) is 12.0 Å². The Kier molecular flexibility index (Phi) is 3.22. The molecule has 0 aromatic heterocycles. The van der Waals surface area contributed by atoms with Crippen LogP contribution >= 0.6 is 0 Å². The number of hydrogen-bond acceptors (Lipinski definition) is 5. The SMILES string of the molecule is Nc1c(NCC2(CO)CC2)cccc1S(N)(=O)=O. The fraction of sp³-hybridized carbons (Fsp3) is 0.455. The zero-order chi connectivity index (χ0) is 13.4. The van der Waals surface area contributed by atoms with Crippen molar-refractivity contribution in [2.75, 3.05) is 24.2 Å². The first-order valence-corrected chi connectivity index (χ1v) is 7.19. The van der Waals surface area contributed by atoms with Gasteiger partial charge >= 0.3 is 0 Å². The van der Waals surface area contributed by atoms with Crippen LogP contribution in [0.3, 0.4) is 0 Å². The van der Waals surface area contributed by atoms with E-state index in [0.717, 1.165) is 12.8 Å². The number of aliphatic hydroxyl groups is 1. The lowest BCUT2D eigenvalue weighted by Crippen LogP contribution is -2.20. The summed E-state index contributed by atoms with van der Waals surface area (Å²) in [5, 5.41) is 17.3. The third kappa shape index (κ3) is 2.58. The molecule has 6 N–H and O–H groups in total. The molecule has 0 aliphatic heterocycles. The monoisotopic (exact) mass is 271 g/mol. The van der Waals surface area contributed by atoms with Gasteiger partial charge in [-0.2, -0.15) is 0 Å². The Morgan fingerprint density at radius 3 is 2.56 bits per heavy atom. The highest BCUT2D eigenvalue weighted by Gasteiger charge is 2.41. The number of sulfonamides is 1. The predicted molar refractivity (Wildman–Crippen MR) is 69.5 cm³/mol. The summed E-state index contributed by atoms with van der Waals surface area (Å²) >= 11 is 0. The Hall–Kier alpha value is -1.31. The second-order valence-electron chi connectivity index (χ2n) is 4.77. The smallest absolute Gasteiger partial charge is 0.240 e. The molecule has 1 fully saturated rings. The Morgan fingerprint density at radius 2 is 2.06 bits per heavy atom. The molecule has 1 aliphatic rings. The number of nitrogens with one attached hydrogen (secondary N) is 1. The highest BCUT2D eigenvalue weighted by atomic mass is 32.2. The maximum atomic E-state index is 11.3. The number of para-hydroxylation sites is 1. The normalized spacial score (nSPS) is 17.4. The van der Waals surface area contributed by atoms with E-state index < -0.39 is 10.0 Å². The van der Waals surface area contributed by atoms with E-state index in [0.29, 0.717) is 12.2 Å². The molecule has 6 nitrogen and oxygen atoms in total. The van der Waals surface area contributed by atoms with Crippen molar-refractivity contribution in [2.24, 2.45) is 10.6 Å². The second kappa shape index (κ2) is 4.42. The summed E-state index contributed by atoms with van der Waals surface area (Å²) in [5.74, 6) is 0. The lowest BCUT2D eigenvalue weighted by atomic mass is 10.1. The van der Waals surface area contributed by atoms with Gasteiger partial charge in [0.2, 0.25) is 10.0 Å². The number of nitrogen functional groups attached to an aromatic ring is 1. The predicted octanol–water partition coefficient (Wildman–Crippen LogP) is 0.101. The van der Waals surface area contributed by atoms with Crippen LogP contribution in [-0.4, -0.2) is 26.7 Å². The van der Waals surface area contributed by atoms with Crippen molar-refractivity contribution in [3.05, 3.63) is 18.2 Å². The summed E-state index contributed by atoms with van der Waals surface area (Å²) in [7, 11) is -3.81. The molecule has 0 saturated heterocycles. The molecule has 18 heavy (non-hydrogen) atoms. The van der Waals surface area contributed by atoms with E-state index in [9.17, 15) is 13.5 Å². The highest BCUT2D eigenvalue weighted by Crippen LogP contribution is 2.45. The number of primary sulfonamides is 1. The minimum atomic E-state index is -3.81. The van der Waals surface area contributed by atoms with Gasteiger partial charge in [-0.1, -0.05) is 6.07 Å². The summed E-state index contributed by atoms with van der Waals surface area (Å²) in [4.78, 5) is -0.0821. The molecule has 0 bridgehead atoms. The third-order valence-corrected chi connectivity index (χ3v) is 4.29. The fourth-order valence-corrected chi connectivity index (χ4v) is 2.48. The standard InChI is InChI=1S/C11H17N3O3S/c12-10-8(14-6-11(7-15)4-5-11)2-1-3-9(10)18(13,16)17/h1-3,14-15H,4-7,12H2,(H2,13,16,17). The van der Waals surface area contributed by atoms with E-state index in [1.165, 1.54) is 6.07 Å². The van der Waals surface area contributed by atoms with Crippen molar-refractivity contribution < 1.29 is 13.5 Å². The molecular weight excluding hydrogens is 254 g/mol. The highest BCUT2D eigenvalue weighted by molar-refractivity contribution is 7.89. The van der Waals surface area contributed by atoms with Crippen LogP contribution < -0.4 is 16.2 Å². The molecule has 2 rings (SSSR count). The first-order chi connectivity index (χ1) is 8.38. The number of benzene rings is 1. The van der Waals surface area contributed by atoms with Crippen LogP contribution in [0.5, 0.6) is 0 Å². The number of aliphatic hydroxyl groups excluding tert-OH is 1. The maximum Gasteiger partial charge on any atom is 0.240 e. The van der Waals surface area contributed by atoms with Crippen molar-refractivity contribution in [3.63, 3.8) is 0 Å². The van der Waals surface area contributed by atoms with Gasteiger partial charge in [-0.25, -0.2) is 13.6 Å². The average Bonchev–Trinajstić information content (AvgIpc) is 3.07. The van der Waals surface area contributed by atoms with Gasteiger partial charge in [0.05, 0.1) is 18.0 Å². The van der Waals surface area contributed by atoms with Crippen molar-refractivity contribution >= 4 is 21.4 Å². The van der Waals surface area contributed by atoms with Crippen molar-refractivity contribution in [1.29, 1.82) is 0 Å². The first-order valence-electron chi connectivity index (χ1n) is 5.64. The topological polar surface area (TPSA) is 118 Å². The number of rotatable bonds is 5. The lowest BCUT2D eigenvalue weighted by molar-refractivity contribution is 0.220. The van der Waals surface area contributed by atoms with E-state index in [4.69, 9.17) is 10.9 Å². The van der Waals surface area contributed by atoms with E-state index in [1.807, 2.05) is 0 Å². The summed E-state index contributed by atoms with van der Waals surface area (Å²) in [6.07, 6.45) is 1.93. The van der Waals surface area contributed by atoms with Gasteiger partial charge in [-0.15, -0.1) is 0 Å². The Morgan fingerprint density at radius 1 is 1.39 bits per heavy atom. The van der Waals surface area contributed by atoms with Crippen molar-refractivity contribution in [1.82, 2.24) is 0 Å². The van der Waals surface area contributed by atoms with Crippen molar-refractivity contribution in [3.8, 4) is 0 Å². The van der Waals surface area contributed by atoms with Crippen LogP contribution in [0.15, 0.2) is 23.1 Å². The van der Waals surface area contributed by atoms with Crippen molar-refractivity contribution in [2.45, 2.75) is 17.7 Å². The number of nitrogens with two attached hydrogens (primary N) is 2. The van der Waals surface area contributed by atoms with Crippen LogP contribution in [0.1, 0.15) is 12.8 Å². The van der Waals surface area contributed by atoms with Crippen LogP contribution in [0.4, 0.5) is 11.4 Å². The van der Waals surface area contributed by atoms with Crippen LogP contribution in [0, 0.1) is 5.41 Å². The van der Waals surface area contributed by atoms with Gasteiger partial charge in [0.15, 0.2) is 0 Å². The quantitative estimate of drug-likeness (QED) is 0.566. The maximum absolute atomic E-state index is 11.3. The average molecular weight is 271 g/mol. The molecule has 0 spiro atoms. The minimum absolute atomic E-state index is 0.0793. The largest absolute Gasteiger partial charge is 0.396 e. The van der Waals surface area contributed by atoms with Gasteiger partial charge in [0.25, 0.3) is 0 Å². The molecular formula is C11H17N3O3S. The molecule has 0 radical (unpaired) electrons. The second-order valence-corrected chi connectivity index (χ2v) is 6.30. The Bertz CT molecular complexity index is 553. The molecule has 0 heterocycles. The lowest BCUT2D eigenvalue weighted by Gasteiger charge is -2.16. The van der Waals surface area contributed by atoms with E-state index in [2.05, 4.69) is 5.32 Å². The molecule has 0 amide bonds. The summed E-state index contributed by atoms with van der Waals surface area (Å²) < 4.78 is 22.6. The minimum Gasteiger partial charge on any atom is -0.396 e. The molecule has 0 unspecified atom stereocenters. The Labute approximate surface area is 106 Å². The zero-order valence-corrected chi connectivity index (χ0v) is 10.7. The summed E-state index contributed by atoms with van der Waals surface area (Å²) in [5.41, 5.74) is 6.35. The van der Waals surface area contributed by atoms with Crippen LogP contribution in [-0.2, 0) is 10.0 Å².